The van der Waals surface area contributed by atoms with Crippen molar-refractivity contribution in [2.75, 3.05) is 5.32 Å². The summed E-state index contributed by atoms with van der Waals surface area (Å²) in [6.45, 7) is 0.151. The van der Waals surface area contributed by atoms with E-state index in [4.69, 9.17) is 5.26 Å². The molecule has 6 heteroatoms. The van der Waals surface area contributed by atoms with Gasteiger partial charge in [0.05, 0.1) is 11.6 Å². The van der Waals surface area contributed by atoms with Crippen LogP contribution in [0.5, 0.6) is 0 Å². The largest absolute Gasteiger partial charge is 0.380 e. The standard InChI is InChI=1S/C15H11F3N2S/c16-12-7-10(8-19)5-6-11(12)9-20-13-3-1-2-4-14(13)21-15(17)18/h1-7,15,20H,9H2. The summed E-state index contributed by atoms with van der Waals surface area (Å²) in [7, 11) is 0. The van der Waals surface area contributed by atoms with E-state index in [0.717, 1.165) is 6.07 Å². The minimum atomic E-state index is -2.51. The molecule has 0 unspecified atom stereocenters. The molecular weight excluding hydrogens is 297 g/mol. The second-order valence-electron chi connectivity index (χ2n) is 4.15. The Morgan fingerprint density at radius 2 is 1.95 bits per heavy atom. The molecule has 0 heterocycles. The van der Waals surface area contributed by atoms with Gasteiger partial charge in [0.1, 0.15) is 5.82 Å². The highest BCUT2D eigenvalue weighted by Gasteiger charge is 2.10. The topological polar surface area (TPSA) is 35.8 Å². The maximum atomic E-state index is 13.7. The lowest BCUT2D eigenvalue weighted by Crippen LogP contribution is -2.03. The van der Waals surface area contributed by atoms with Crippen LogP contribution in [0.15, 0.2) is 47.4 Å². The Labute approximate surface area is 124 Å². The minimum Gasteiger partial charge on any atom is -0.380 e. The molecule has 0 bridgehead atoms. The Bertz CT molecular complexity index is 668. The first-order chi connectivity index (χ1) is 10.1. The summed E-state index contributed by atoms with van der Waals surface area (Å²) >= 11 is 0.438. The molecule has 21 heavy (non-hydrogen) atoms. The van der Waals surface area contributed by atoms with Crippen LogP contribution >= 0.6 is 11.8 Å². The van der Waals surface area contributed by atoms with Crippen LogP contribution in [-0.4, -0.2) is 5.76 Å². The molecule has 2 aromatic carbocycles. The van der Waals surface area contributed by atoms with E-state index in [1.165, 1.54) is 12.1 Å². The van der Waals surface area contributed by atoms with Gasteiger partial charge in [-0.15, -0.1) is 0 Å². The van der Waals surface area contributed by atoms with Gasteiger partial charge in [0.25, 0.3) is 5.76 Å². The molecule has 0 aliphatic rings. The van der Waals surface area contributed by atoms with E-state index < -0.39 is 11.6 Å². The van der Waals surface area contributed by atoms with Crippen molar-refractivity contribution in [1.29, 1.82) is 5.26 Å². The van der Waals surface area contributed by atoms with E-state index in [1.807, 2.05) is 6.07 Å². The maximum Gasteiger partial charge on any atom is 0.288 e. The average Bonchev–Trinajstić information content (AvgIpc) is 2.46. The molecule has 0 spiro atoms. The third-order valence-electron chi connectivity index (χ3n) is 2.75. The van der Waals surface area contributed by atoms with Crippen molar-refractivity contribution in [2.45, 2.75) is 17.2 Å². The summed E-state index contributed by atoms with van der Waals surface area (Å²) in [5, 5.41) is 11.6. The predicted molar refractivity (Wildman–Crippen MR) is 76.7 cm³/mol. The fourth-order valence-electron chi connectivity index (χ4n) is 1.76. The van der Waals surface area contributed by atoms with Crippen LogP contribution < -0.4 is 5.32 Å². The summed E-state index contributed by atoms with van der Waals surface area (Å²) in [4.78, 5) is 0.404. The van der Waals surface area contributed by atoms with Crippen molar-refractivity contribution in [2.24, 2.45) is 0 Å². The summed E-state index contributed by atoms with van der Waals surface area (Å²) in [5.41, 5.74) is 1.13. The molecule has 2 nitrogen and oxygen atoms in total. The molecule has 0 saturated heterocycles. The van der Waals surface area contributed by atoms with Crippen LogP contribution in [-0.2, 0) is 6.54 Å². The number of nitrogens with zero attached hydrogens (tertiary/aromatic N) is 1. The Hall–Kier alpha value is -2.13. The van der Waals surface area contributed by atoms with E-state index in [9.17, 15) is 13.2 Å². The van der Waals surface area contributed by atoms with E-state index >= 15 is 0 Å². The molecule has 1 N–H and O–H groups in total. The summed E-state index contributed by atoms with van der Waals surface area (Å²) in [6, 6.07) is 12.6. The second kappa shape index (κ2) is 7.04. The highest BCUT2D eigenvalue weighted by atomic mass is 32.2. The molecule has 0 fully saturated rings. The summed E-state index contributed by atoms with van der Waals surface area (Å²) in [6.07, 6.45) is 0. The zero-order valence-electron chi connectivity index (χ0n) is 10.8. The lowest BCUT2D eigenvalue weighted by molar-refractivity contribution is 0.252. The van der Waals surface area contributed by atoms with Gasteiger partial charge in [0, 0.05) is 22.7 Å². The third-order valence-corrected chi connectivity index (χ3v) is 3.54. The summed E-state index contributed by atoms with van der Waals surface area (Å²) in [5.74, 6) is -3.01. The van der Waals surface area contributed by atoms with Gasteiger partial charge in [0.15, 0.2) is 0 Å². The average molecular weight is 308 g/mol. The van der Waals surface area contributed by atoms with Crippen molar-refractivity contribution in [3.8, 4) is 6.07 Å². The number of rotatable bonds is 5. The number of thioether (sulfide) groups is 1. The van der Waals surface area contributed by atoms with Gasteiger partial charge in [0.2, 0.25) is 0 Å². The zero-order valence-corrected chi connectivity index (χ0v) is 11.6. The zero-order chi connectivity index (χ0) is 15.2. The number of nitrogens with one attached hydrogen (secondary N) is 1. The van der Waals surface area contributed by atoms with E-state index in [1.54, 1.807) is 24.3 Å². The fraction of sp³-hybridized carbons (Fsp3) is 0.133. The van der Waals surface area contributed by atoms with E-state index in [-0.39, 0.29) is 12.1 Å². The van der Waals surface area contributed by atoms with E-state index in [2.05, 4.69) is 5.32 Å². The molecule has 0 saturated carbocycles. The van der Waals surface area contributed by atoms with Crippen molar-refractivity contribution < 1.29 is 13.2 Å². The van der Waals surface area contributed by atoms with Gasteiger partial charge in [-0.1, -0.05) is 30.0 Å². The number of para-hydroxylation sites is 1. The Balaban J connectivity index is 2.12. The Kier molecular flexibility index (Phi) is 5.12. The molecule has 0 amide bonds. The molecule has 0 atom stereocenters. The van der Waals surface area contributed by atoms with Crippen molar-refractivity contribution in [3.63, 3.8) is 0 Å². The Morgan fingerprint density at radius 1 is 1.19 bits per heavy atom. The van der Waals surface area contributed by atoms with Gasteiger partial charge in [-0.2, -0.15) is 14.0 Å². The van der Waals surface area contributed by atoms with Gasteiger partial charge in [-0.25, -0.2) is 4.39 Å². The van der Waals surface area contributed by atoms with Crippen LogP contribution in [0.4, 0.5) is 18.9 Å². The first-order valence-corrected chi connectivity index (χ1v) is 6.94. The van der Waals surface area contributed by atoms with Gasteiger partial charge in [-0.3, -0.25) is 0 Å². The minimum absolute atomic E-state index is 0.151. The second-order valence-corrected chi connectivity index (χ2v) is 5.18. The number of alkyl halides is 2. The van der Waals surface area contributed by atoms with Crippen LogP contribution in [0.25, 0.3) is 0 Å². The number of anilines is 1. The lowest BCUT2D eigenvalue weighted by Gasteiger charge is -2.12. The predicted octanol–water partition coefficient (Wildman–Crippen LogP) is 4.62. The molecular formula is C15H11F3N2S. The SMILES string of the molecule is N#Cc1ccc(CNc2ccccc2SC(F)F)c(F)c1. The van der Waals surface area contributed by atoms with Crippen LogP contribution in [0.2, 0.25) is 0 Å². The molecule has 0 aliphatic carbocycles. The number of hydrogen-bond donors (Lipinski definition) is 1. The van der Waals surface area contributed by atoms with Crippen LogP contribution in [0.3, 0.4) is 0 Å². The number of benzene rings is 2. The molecule has 108 valence electrons. The first kappa shape index (κ1) is 15.3. The van der Waals surface area contributed by atoms with Gasteiger partial charge < -0.3 is 5.32 Å². The smallest absolute Gasteiger partial charge is 0.288 e. The molecule has 2 rings (SSSR count). The number of nitriles is 1. The highest BCUT2D eigenvalue weighted by Crippen LogP contribution is 2.31. The van der Waals surface area contributed by atoms with Gasteiger partial charge >= 0.3 is 0 Å². The molecule has 0 aliphatic heterocycles. The fourth-order valence-corrected chi connectivity index (χ4v) is 2.38. The normalized spacial score (nSPS) is 10.4. The monoisotopic (exact) mass is 308 g/mol. The van der Waals surface area contributed by atoms with Crippen molar-refractivity contribution in [1.82, 2.24) is 0 Å². The molecule has 2 aromatic rings. The van der Waals surface area contributed by atoms with E-state index in [0.29, 0.717) is 27.9 Å². The van der Waals surface area contributed by atoms with Crippen LogP contribution in [0, 0.1) is 17.1 Å². The van der Waals surface area contributed by atoms with Gasteiger partial charge in [-0.05, 0) is 24.3 Å². The third kappa shape index (κ3) is 4.17. The number of hydrogen-bond acceptors (Lipinski definition) is 3. The molecule has 0 aromatic heterocycles. The van der Waals surface area contributed by atoms with Crippen LogP contribution in [0.1, 0.15) is 11.1 Å². The molecule has 0 radical (unpaired) electrons. The maximum absolute atomic E-state index is 13.7. The lowest BCUT2D eigenvalue weighted by atomic mass is 10.1. The first-order valence-electron chi connectivity index (χ1n) is 6.06. The summed E-state index contributed by atoms with van der Waals surface area (Å²) < 4.78 is 38.6. The Morgan fingerprint density at radius 3 is 2.62 bits per heavy atom. The highest BCUT2D eigenvalue weighted by molar-refractivity contribution is 7.99. The van der Waals surface area contributed by atoms with Crippen molar-refractivity contribution >= 4 is 17.4 Å². The quantitative estimate of drug-likeness (QED) is 0.818. The van der Waals surface area contributed by atoms with Crippen molar-refractivity contribution in [3.05, 3.63) is 59.4 Å². The number of halogens is 3.